The summed E-state index contributed by atoms with van der Waals surface area (Å²) in [5.74, 6) is 3.56. The van der Waals surface area contributed by atoms with Crippen LogP contribution >= 0.6 is 11.8 Å². The topological polar surface area (TPSA) is 88.1 Å². The molecule has 0 amide bonds. The number of methoxy groups -OCH3 is 2. The molecule has 34 heavy (non-hydrogen) atoms. The number of thioether (sulfide) groups is 1. The van der Waals surface area contributed by atoms with Crippen LogP contribution in [-0.4, -0.2) is 39.1 Å². The Labute approximate surface area is 200 Å². The molecule has 0 fully saturated rings. The van der Waals surface area contributed by atoms with Gasteiger partial charge in [-0.25, -0.2) is 0 Å². The second-order valence-corrected chi connectivity index (χ2v) is 8.15. The molecule has 170 valence electrons. The van der Waals surface area contributed by atoms with Gasteiger partial charge in [-0.2, -0.15) is 4.98 Å². The van der Waals surface area contributed by atoms with E-state index in [9.17, 15) is 0 Å². The SMILES string of the molecule is COc1cccc(-c2nnc(SCc3nc(-c4ccccc4OC)no3)n2-c2ccccc2)c1. The lowest BCUT2D eigenvalue weighted by Gasteiger charge is -2.10. The minimum atomic E-state index is 0.436. The van der Waals surface area contributed by atoms with Crippen LogP contribution in [0.15, 0.2) is 88.5 Å². The molecular formula is C25H21N5O3S. The Hall–Kier alpha value is -4.11. The van der Waals surface area contributed by atoms with E-state index in [1.165, 1.54) is 11.8 Å². The first kappa shape index (κ1) is 21.7. The normalized spacial score (nSPS) is 10.9. The smallest absolute Gasteiger partial charge is 0.237 e. The maximum Gasteiger partial charge on any atom is 0.237 e. The molecule has 5 aromatic rings. The monoisotopic (exact) mass is 471 g/mol. The highest BCUT2D eigenvalue weighted by Gasteiger charge is 2.19. The lowest BCUT2D eigenvalue weighted by Crippen LogP contribution is -2.00. The number of benzene rings is 3. The van der Waals surface area contributed by atoms with Gasteiger partial charge in [0.1, 0.15) is 11.5 Å². The van der Waals surface area contributed by atoms with E-state index in [2.05, 4.69) is 20.3 Å². The fourth-order valence-corrected chi connectivity index (χ4v) is 4.29. The molecule has 2 aromatic heterocycles. The minimum Gasteiger partial charge on any atom is -0.497 e. The maximum atomic E-state index is 5.50. The zero-order chi connectivity index (χ0) is 23.3. The fourth-order valence-electron chi connectivity index (χ4n) is 3.50. The van der Waals surface area contributed by atoms with Crippen molar-refractivity contribution in [1.82, 2.24) is 24.9 Å². The number of aromatic nitrogens is 5. The number of hydrogen-bond donors (Lipinski definition) is 0. The third-order valence-corrected chi connectivity index (χ3v) is 6.03. The molecule has 8 nitrogen and oxygen atoms in total. The van der Waals surface area contributed by atoms with Crippen LogP contribution in [0, 0.1) is 0 Å². The summed E-state index contributed by atoms with van der Waals surface area (Å²) in [6, 6.07) is 25.3. The van der Waals surface area contributed by atoms with Crippen LogP contribution in [0.2, 0.25) is 0 Å². The molecule has 0 aliphatic heterocycles. The first-order chi connectivity index (χ1) is 16.8. The van der Waals surface area contributed by atoms with E-state index in [0.29, 0.717) is 34.2 Å². The molecule has 0 saturated heterocycles. The Morgan fingerprint density at radius 3 is 2.53 bits per heavy atom. The number of para-hydroxylation sites is 2. The van der Waals surface area contributed by atoms with Crippen molar-refractivity contribution in [3.8, 4) is 40.0 Å². The molecule has 0 aliphatic rings. The molecule has 2 heterocycles. The van der Waals surface area contributed by atoms with Gasteiger partial charge in [-0.3, -0.25) is 4.57 Å². The fraction of sp³-hybridized carbons (Fsp3) is 0.120. The van der Waals surface area contributed by atoms with Gasteiger partial charge in [-0.05, 0) is 36.4 Å². The average molecular weight is 472 g/mol. The van der Waals surface area contributed by atoms with Gasteiger partial charge in [0, 0.05) is 11.3 Å². The van der Waals surface area contributed by atoms with Crippen molar-refractivity contribution in [3.05, 3.63) is 84.8 Å². The van der Waals surface area contributed by atoms with Gasteiger partial charge in [0.15, 0.2) is 11.0 Å². The van der Waals surface area contributed by atoms with Gasteiger partial charge in [0.05, 0.1) is 25.5 Å². The van der Waals surface area contributed by atoms with Crippen molar-refractivity contribution in [2.75, 3.05) is 14.2 Å². The van der Waals surface area contributed by atoms with Crippen molar-refractivity contribution < 1.29 is 14.0 Å². The lowest BCUT2D eigenvalue weighted by atomic mass is 10.2. The van der Waals surface area contributed by atoms with E-state index in [1.807, 2.05) is 83.4 Å². The van der Waals surface area contributed by atoms with Crippen LogP contribution in [0.4, 0.5) is 0 Å². The predicted molar refractivity (Wildman–Crippen MR) is 129 cm³/mol. The van der Waals surface area contributed by atoms with Crippen LogP contribution in [0.25, 0.3) is 28.5 Å². The van der Waals surface area contributed by atoms with Crippen LogP contribution in [0.5, 0.6) is 11.5 Å². The Morgan fingerprint density at radius 2 is 1.71 bits per heavy atom. The van der Waals surface area contributed by atoms with Crippen LogP contribution in [0.1, 0.15) is 5.89 Å². The molecule has 0 aliphatic carbocycles. The van der Waals surface area contributed by atoms with Crippen LogP contribution in [-0.2, 0) is 5.75 Å². The molecule has 0 bridgehead atoms. The summed E-state index contributed by atoms with van der Waals surface area (Å²) in [6.07, 6.45) is 0. The van der Waals surface area contributed by atoms with Gasteiger partial charge in [-0.1, -0.05) is 59.4 Å². The number of nitrogens with zero attached hydrogens (tertiary/aromatic N) is 5. The van der Waals surface area contributed by atoms with Gasteiger partial charge < -0.3 is 14.0 Å². The summed E-state index contributed by atoms with van der Waals surface area (Å²) in [4.78, 5) is 4.54. The molecule has 0 atom stereocenters. The predicted octanol–water partition coefficient (Wildman–Crippen LogP) is 5.29. The Morgan fingerprint density at radius 1 is 0.882 bits per heavy atom. The highest BCUT2D eigenvalue weighted by atomic mass is 32.2. The largest absolute Gasteiger partial charge is 0.497 e. The quantitative estimate of drug-likeness (QED) is 0.282. The van der Waals surface area contributed by atoms with Gasteiger partial charge in [-0.15, -0.1) is 10.2 Å². The summed E-state index contributed by atoms with van der Waals surface area (Å²) in [5, 5.41) is 13.8. The summed E-state index contributed by atoms with van der Waals surface area (Å²) in [5.41, 5.74) is 2.63. The van der Waals surface area contributed by atoms with E-state index in [-0.39, 0.29) is 0 Å². The number of ether oxygens (including phenoxy) is 2. The summed E-state index contributed by atoms with van der Waals surface area (Å²) >= 11 is 1.47. The molecule has 5 rings (SSSR count). The van der Waals surface area contributed by atoms with E-state index in [4.69, 9.17) is 14.0 Å². The van der Waals surface area contributed by atoms with E-state index in [1.54, 1.807) is 14.2 Å². The van der Waals surface area contributed by atoms with Gasteiger partial charge in [0.25, 0.3) is 0 Å². The molecule has 3 aromatic carbocycles. The molecule has 0 radical (unpaired) electrons. The first-order valence-electron chi connectivity index (χ1n) is 10.5. The Balaban J connectivity index is 1.45. The first-order valence-corrected chi connectivity index (χ1v) is 11.5. The van der Waals surface area contributed by atoms with E-state index in [0.717, 1.165) is 22.6 Å². The van der Waals surface area contributed by atoms with E-state index < -0.39 is 0 Å². The second kappa shape index (κ2) is 9.80. The zero-order valence-electron chi connectivity index (χ0n) is 18.6. The molecule has 0 N–H and O–H groups in total. The minimum absolute atomic E-state index is 0.436. The average Bonchev–Trinajstić information content (AvgIpc) is 3.55. The highest BCUT2D eigenvalue weighted by molar-refractivity contribution is 7.98. The lowest BCUT2D eigenvalue weighted by molar-refractivity contribution is 0.390. The van der Waals surface area contributed by atoms with Crippen LogP contribution < -0.4 is 9.47 Å². The van der Waals surface area contributed by atoms with Crippen molar-refractivity contribution in [1.29, 1.82) is 0 Å². The molecule has 0 spiro atoms. The van der Waals surface area contributed by atoms with Crippen molar-refractivity contribution >= 4 is 11.8 Å². The molecule has 0 saturated carbocycles. The molecule has 9 heteroatoms. The maximum absolute atomic E-state index is 5.50. The zero-order valence-corrected chi connectivity index (χ0v) is 19.4. The third-order valence-electron chi connectivity index (χ3n) is 5.12. The number of rotatable bonds is 8. The van der Waals surface area contributed by atoms with Crippen molar-refractivity contribution in [2.24, 2.45) is 0 Å². The summed E-state index contributed by atoms with van der Waals surface area (Å²) in [7, 11) is 3.26. The Kier molecular flexibility index (Phi) is 6.26. The standard InChI is InChI=1S/C25H21N5O3S/c1-31-19-12-8-9-17(15-19)24-27-28-25(30(24)18-10-4-3-5-11-18)34-16-22-26-23(29-33-22)20-13-6-7-14-21(20)32-2/h3-15H,16H2,1-2H3. The second-order valence-electron chi connectivity index (χ2n) is 7.21. The van der Waals surface area contributed by atoms with Crippen molar-refractivity contribution in [3.63, 3.8) is 0 Å². The third kappa shape index (κ3) is 4.38. The summed E-state index contributed by atoms with van der Waals surface area (Å²) in [6.45, 7) is 0. The number of hydrogen-bond acceptors (Lipinski definition) is 8. The van der Waals surface area contributed by atoms with Crippen molar-refractivity contribution in [2.45, 2.75) is 10.9 Å². The van der Waals surface area contributed by atoms with Gasteiger partial charge >= 0.3 is 0 Å². The van der Waals surface area contributed by atoms with E-state index >= 15 is 0 Å². The molecule has 0 unspecified atom stereocenters. The Bertz CT molecular complexity index is 1400. The molecular weight excluding hydrogens is 450 g/mol. The summed E-state index contributed by atoms with van der Waals surface area (Å²) < 4.78 is 18.3. The van der Waals surface area contributed by atoms with Crippen LogP contribution in [0.3, 0.4) is 0 Å². The van der Waals surface area contributed by atoms with Gasteiger partial charge in [0.2, 0.25) is 11.7 Å². The highest BCUT2D eigenvalue weighted by Crippen LogP contribution is 2.32.